The van der Waals surface area contributed by atoms with Crippen molar-refractivity contribution in [1.29, 1.82) is 0 Å². The lowest BCUT2D eigenvalue weighted by Gasteiger charge is -2.08. The van der Waals surface area contributed by atoms with Gasteiger partial charge in [-0.15, -0.1) is 0 Å². The summed E-state index contributed by atoms with van der Waals surface area (Å²) >= 11 is 1.65. The molecule has 0 bridgehead atoms. The number of ether oxygens (including phenoxy) is 1. The van der Waals surface area contributed by atoms with E-state index in [1.54, 1.807) is 24.6 Å². The van der Waals surface area contributed by atoms with Crippen LogP contribution in [-0.4, -0.2) is 31.3 Å². The van der Waals surface area contributed by atoms with Gasteiger partial charge >= 0.3 is 6.03 Å². The van der Waals surface area contributed by atoms with Crippen molar-refractivity contribution >= 4 is 17.4 Å². The second-order valence-corrected chi connectivity index (χ2v) is 4.98. The Morgan fingerprint density at radius 3 is 3.00 bits per heavy atom. The van der Waals surface area contributed by atoms with Gasteiger partial charge in [0.2, 0.25) is 0 Å². The first kappa shape index (κ1) is 14.5. The third kappa shape index (κ3) is 4.32. The largest absolute Gasteiger partial charge is 0.383 e. The maximum atomic E-state index is 11.5. The summed E-state index contributed by atoms with van der Waals surface area (Å²) in [6.07, 6.45) is 3.58. The number of hydrogen-bond donors (Lipinski definition) is 2. The number of amides is 2. The van der Waals surface area contributed by atoms with E-state index in [0.29, 0.717) is 19.7 Å². The highest BCUT2D eigenvalue weighted by molar-refractivity contribution is 7.08. The van der Waals surface area contributed by atoms with Gasteiger partial charge in [-0.3, -0.25) is 4.98 Å². The molecule has 0 spiro atoms. The molecular weight excluding hydrogens is 274 g/mol. The lowest BCUT2D eigenvalue weighted by molar-refractivity contribution is 0.196. The Kier molecular flexibility index (Phi) is 5.52. The van der Waals surface area contributed by atoms with Crippen LogP contribution >= 0.6 is 11.3 Å². The first-order valence-electron chi connectivity index (χ1n) is 6.26. The fraction of sp³-hybridized carbons (Fsp3) is 0.286. The number of hydrogen-bond acceptors (Lipinski definition) is 4. The normalized spacial score (nSPS) is 10.2. The van der Waals surface area contributed by atoms with Gasteiger partial charge in [-0.05, 0) is 34.0 Å². The van der Waals surface area contributed by atoms with Gasteiger partial charge in [0.15, 0.2) is 0 Å². The molecule has 0 unspecified atom stereocenters. The summed E-state index contributed by atoms with van der Waals surface area (Å²) in [4.78, 5) is 15.7. The van der Waals surface area contributed by atoms with Crippen LogP contribution in [0.5, 0.6) is 0 Å². The first-order valence-corrected chi connectivity index (χ1v) is 7.21. The molecule has 0 aliphatic heterocycles. The second kappa shape index (κ2) is 7.62. The number of rotatable bonds is 6. The highest BCUT2D eigenvalue weighted by Crippen LogP contribution is 2.21. The molecule has 0 aliphatic rings. The lowest BCUT2D eigenvalue weighted by atomic mass is 10.1. The molecule has 2 heterocycles. The van der Waals surface area contributed by atoms with Gasteiger partial charge in [-0.25, -0.2) is 4.79 Å². The average Bonchev–Trinajstić information content (AvgIpc) is 3.00. The van der Waals surface area contributed by atoms with Gasteiger partial charge < -0.3 is 15.4 Å². The van der Waals surface area contributed by atoms with Crippen molar-refractivity contribution < 1.29 is 9.53 Å². The molecule has 2 aromatic heterocycles. The maximum Gasteiger partial charge on any atom is 0.315 e. The minimum atomic E-state index is -0.206. The molecule has 2 N–H and O–H groups in total. The Morgan fingerprint density at radius 2 is 2.25 bits per heavy atom. The molecule has 5 nitrogen and oxygen atoms in total. The van der Waals surface area contributed by atoms with Crippen LogP contribution in [-0.2, 0) is 11.3 Å². The number of methoxy groups -OCH3 is 1. The zero-order valence-corrected chi connectivity index (χ0v) is 12.1. The fourth-order valence-electron chi connectivity index (χ4n) is 1.68. The van der Waals surface area contributed by atoms with E-state index in [1.807, 2.05) is 17.6 Å². The molecule has 2 rings (SSSR count). The summed E-state index contributed by atoms with van der Waals surface area (Å²) in [7, 11) is 1.60. The zero-order valence-electron chi connectivity index (χ0n) is 11.3. The van der Waals surface area contributed by atoms with Crippen molar-refractivity contribution in [2.75, 3.05) is 20.3 Å². The van der Waals surface area contributed by atoms with Gasteiger partial charge in [0.05, 0.1) is 6.61 Å². The number of carbonyl (C=O) groups is 1. The summed E-state index contributed by atoms with van der Waals surface area (Å²) in [6.45, 7) is 1.45. The van der Waals surface area contributed by atoms with Crippen LogP contribution in [0.15, 0.2) is 35.3 Å². The quantitative estimate of drug-likeness (QED) is 0.802. The molecule has 6 heteroatoms. The molecule has 0 radical (unpaired) electrons. The smallest absolute Gasteiger partial charge is 0.315 e. The zero-order chi connectivity index (χ0) is 14.2. The van der Waals surface area contributed by atoms with E-state index in [-0.39, 0.29) is 6.03 Å². The van der Waals surface area contributed by atoms with Crippen LogP contribution in [0.3, 0.4) is 0 Å². The Morgan fingerprint density at radius 1 is 1.35 bits per heavy atom. The third-order valence-corrected chi connectivity index (χ3v) is 3.38. The van der Waals surface area contributed by atoms with Crippen LogP contribution in [0.2, 0.25) is 0 Å². The number of pyridine rings is 1. The lowest BCUT2D eigenvalue weighted by Crippen LogP contribution is -2.36. The molecule has 0 saturated carbocycles. The van der Waals surface area contributed by atoms with Crippen LogP contribution in [0.4, 0.5) is 4.79 Å². The number of nitrogens with zero attached hydrogens (tertiary/aromatic N) is 1. The van der Waals surface area contributed by atoms with Crippen molar-refractivity contribution in [3.63, 3.8) is 0 Å². The summed E-state index contributed by atoms with van der Waals surface area (Å²) < 4.78 is 4.86. The first-order chi connectivity index (χ1) is 9.79. The van der Waals surface area contributed by atoms with Crippen molar-refractivity contribution in [3.8, 4) is 11.1 Å². The molecule has 0 aliphatic carbocycles. The summed E-state index contributed by atoms with van der Waals surface area (Å²) in [5.74, 6) is 0. The summed E-state index contributed by atoms with van der Waals surface area (Å²) in [6, 6.07) is 3.88. The highest BCUT2D eigenvalue weighted by atomic mass is 32.1. The van der Waals surface area contributed by atoms with Crippen LogP contribution in [0.1, 0.15) is 5.56 Å². The standard InChI is InChI=1S/C14H17N3O2S/c1-19-4-3-16-14(18)17-8-11-6-13(9-15-7-11)12-2-5-20-10-12/h2,5-7,9-10H,3-4,8H2,1H3,(H2,16,17,18). The molecule has 2 aromatic rings. The van der Waals surface area contributed by atoms with E-state index in [2.05, 4.69) is 27.1 Å². The molecule has 0 atom stereocenters. The minimum absolute atomic E-state index is 0.206. The van der Waals surface area contributed by atoms with E-state index >= 15 is 0 Å². The number of thiophene rings is 1. The van der Waals surface area contributed by atoms with Crippen molar-refractivity contribution in [2.24, 2.45) is 0 Å². The number of aromatic nitrogens is 1. The molecule has 0 aromatic carbocycles. The van der Waals surface area contributed by atoms with Gasteiger partial charge in [0.1, 0.15) is 0 Å². The van der Waals surface area contributed by atoms with Gasteiger partial charge in [0.25, 0.3) is 0 Å². The Hall–Kier alpha value is -1.92. The Balaban J connectivity index is 1.87. The topological polar surface area (TPSA) is 63.2 Å². The third-order valence-electron chi connectivity index (χ3n) is 2.69. The Bertz CT molecular complexity index is 543. The molecular formula is C14H17N3O2S. The highest BCUT2D eigenvalue weighted by Gasteiger charge is 2.03. The number of carbonyl (C=O) groups excluding carboxylic acids is 1. The average molecular weight is 291 g/mol. The monoisotopic (exact) mass is 291 g/mol. The SMILES string of the molecule is COCCNC(=O)NCc1cncc(-c2ccsc2)c1. The molecule has 2 amide bonds. The van der Waals surface area contributed by atoms with Crippen molar-refractivity contribution in [3.05, 3.63) is 40.8 Å². The van der Waals surface area contributed by atoms with Gasteiger partial charge in [-0.2, -0.15) is 11.3 Å². The summed E-state index contributed by atoms with van der Waals surface area (Å²) in [5.41, 5.74) is 3.18. The molecule has 0 fully saturated rings. The molecule has 0 saturated heterocycles. The van der Waals surface area contributed by atoms with Gasteiger partial charge in [-0.1, -0.05) is 0 Å². The number of urea groups is 1. The van der Waals surface area contributed by atoms with Crippen molar-refractivity contribution in [1.82, 2.24) is 15.6 Å². The van der Waals surface area contributed by atoms with E-state index < -0.39 is 0 Å². The van der Waals surface area contributed by atoms with Crippen LogP contribution < -0.4 is 10.6 Å². The van der Waals surface area contributed by atoms with E-state index in [9.17, 15) is 4.79 Å². The predicted octanol–water partition coefficient (Wildman–Crippen LogP) is 2.26. The maximum absolute atomic E-state index is 11.5. The summed E-state index contributed by atoms with van der Waals surface area (Å²) in [5, 5.41) is 9.60. The fourth-order valence-corrected chi connectivity index (χ4v) is 2.35. The van der Waals surface area contributed by atoms with E-state index in [1.165, 1.54) is 0 Å². The number of nitrogens with one attached hydrogen (secondary N) is 2. The molecule has 106 valence electrons. The van der Waals surface area contributed by atoms with Crippen molar-refractivity contribution in [2.45, 2.75) is 6.54 Å². The van der Waals surface area contributed by atoms with Crippen LogP contribution in [0.25, 0.3) is 11.1 Å². The van der Waals surface area contributed by atoms with Gasteiger partial charge in [0, 0.05) is 38.2 Å². The second-order valence-electron chi connectivity index (χ2n) is 4.20. The predicted molar refractivity (Wildman–Crippen MR) is 79.7 cm³/mol. The van der Waals surface area contributed by atoms with E-state index in [0.717, 1.165) is 16.7 Å². The van der Waals surface area contributed by atoms with Crippen LogP contribution in [0, 0.1) is 0 Å². The van der Waals surface area contributed by atoms with E-state index in [4.69, 9.17) is 4.74 Å². The Labute approximate surface area is 122 Å². The molecule has 20 heavy (non-hydrogen) atoms. The minimum Gasteiger partial charge on any atom is -0.383 e.